The second kappa shape index (κ2) is 2.74. The number of hydrogen-bond acceptors (Lipinski definition) is 4. The minimum atomic E-state index is -3.63. The molecule has 1 N–H and O–H groups in total. The van der Waals surface area contributed by atoms with Crippen molar-refractivity contribution in [3.63, 3.8) is 0 Å². The average molecular weight is 193 g/mol. The first-order valence-corrected chi connectivity index (χ1v) is 4.79. The van der Waals surface area contributed by atoms with Crippen LogP contribution in [0.25, 0.3) is 0 Å². The summed E-state index contributed by atoms with van der Waals surface area (Å²) in [5.41, 5.74) is 0. The topological polar surface area (TPSA) is 91.8 Å². The number of rotatable bonds is 2. The molecule has 0 spiro atoms. The van der Waals surface area contributed by atoms with Gasteiger partial charge in [0, 0.05) is 6.42 Å². The summed E-state index contributed by atoms with van der Waals surface area (Å²) in [6, 6.07) is 0. The zero-order chi connectivity index (χ0) is 9.35. The van der Waals surface area contributed by atoms with Gasteiger partial charge in [0.1, 0.15) is 6.54 Å². The SMILES string of the molecule is O=C(O)CN1C(=O)CCS1(=O)=O. The molecule has 68 valence electrons. The Hall–Kier alpha value is -1.11. The Morgan fingerprint density at radius 2 is 2.17 bits per heavy atom. The van der Waals surface area contributed by atoms with E-state index >= 15 is 0 Å². The quantitative estimate of drug-likeness (QED) is 0.584. The second-order valence-corrected chi connectivity index (χ2v) is 4.37. The molecule has 0 radical (unpaired) electrons. The van der Waals surface area contributed by atoms with Crippen molar-refractivity contribution in [1.82, 2.24) is 4.31 Å². The molecule has 1 saturated heterocycles. The molecule has 0 bridgehead atoms. The third kappa shape index (κ3) is 1.55. The molecule has 0 aliphatic carbocycles. The molecule has 0 aromatic heterocycles. The Morgan fingerprint density at radius 1 is 1.58 bits per heavy atom. The van der Waals surface area contributed by atoms with Gasteiger partial charge in [-0.3, -0.25) is 9.59 Å². The van der Waals surface area contributed by atoms with E-state index in [-0.39, 0.29) is 12.2 Å². The molecule has 7 heteroatoms. The van der Waals surface area contributed by atoms with Gasteiger partial charge in [0.15, 0.2) is 0 Å². The van der Waals surface area contributed by atoms with E-state index in [2.05, 4.69) is 0 Å². The van der Waals surface area contributed by atoms with Crippen LogP contribution in [0.2, 0.25) is 0 Å². The van der Waals surface area contributed by atoms with Gasteiger partial charge in [-0.2, -0.15) is 0 Å². The fraction of sp³-hybridized carbons (Fsp3) is 0.600. The monoisotopic (exact) mass is 193 g/mol. The third-order valence-electron chi connectivity index (χ3n) is 1.47. The number of nitrogens with zero attached hydrogens (tertiary/aromatic N) is 1. The first kappa shape index (κ1) is 8.98. The maximum absolute atomic E-state index is 10.9. The van der Waals surface area contributed by atoms with Gasteiger partial charge in [0.25, 0.3) is 0 Å². The predicted octanol–water partition coefficient (Wildman–Crippen LogP) is -1.37. The van der Waals surface area contributed by atoms with Crippen LogP contribution in [0.5, 0.6) is 0 Å². The van der Waals surface area contributed by atoms with Crippen molar-refractivity contribution in [2.24, 2.45) is 0 Å². The first-order chi connectivity index (χ1) is 5.43. The number of hydrogen-bond donors (Lipinski definition) is 1. The van der Waals surface area contributed by atoms with Crippen molar-refractivity contribution < 1.29 is 23.1 Å². The summed E-state index contributed by atoms with van der Waals surface area (Å²) in [6.45, 7) is -0.763. The van der Waals surface area contributed by atoms with E-state index in [9.17, 15) is 18.0 Å². The molecule has 12 heavy (non-hydrogen) atoms. The molecule has 1 fully saturated rings. The highest BCUT2D eigenvalue weighted by Crippen LogP contribution is 2.13. The van der Waals surface area contributed by atoms with Gasteiger partial charge in [0.2, 0.25) is 15.9 Å². The summed E-state index contributed by atoms with van der Waals surface area (Å²) < 4.78 is 22.3. The third-order valence-corrected chi connectivity index (χ3v) is 3.19. The zero-order valence-corrected chi connectivity index (χ0v) is 6.87. The summed E-state index contributed by atoms with van der Waals surface area (Å²) in [7, 11) is -3.63. The summed E-state index contributed by atoms with van der Waals surface area (Å²) >= 11 is 0. The average Bonchev–Trinajstić information content (AvgIpc) is 2.15. The van der Waals surface area contributed by atoms with Crippen LogP contribution in [0.4, 0.5) is 0 Å². The fourth-order valence-corrected chi connectivity index (χ4v) is 2.28. The molecule has 0 aromatic carbocycles. The van der Waals surface area contributed by atoms with Crippen LogP contribution in [0.15, 0.2) is 0 Å². The molecule has 1 heterocycles. The maximum Gasteiger partial charge on any atom is 0.324 e. The predicted molar refractivity (Wildman–Crippen MR) is 37.8 cm³/mol. The number of sulfonamides is 1. The molecule has 0 aromatic rings. The molecule has 1 rings (SSSR count). The van der Waals surface area contributed by atoms with Crippen LogP contribution >= 0.6 is 0 Å². The van der Waals surface area contributed by atoms with Crippen LogP contribution in [-0.2, 0) is 19.6 Å². The van der Waals surface area contributed by atoms with Gasteiger partial charge >= 0.3 is 5.97 Å². The Labute approximate surface area is 68.8 Å². The number of carbonyl (C=O) groups excluding carboxylic acids is 1. The molecule has 6 nitrogen and oxygen atoms in total. The highest BCUT2D eigenvalue weighted by atomic mass is 32.2. The van der Waals surface area contributed by atoms with Gasteiger partial charge < -0.3 is 5.11 Å². The van der Waals surface area contributed by atoms with E-state index in [0.717, 1.165) is 0 Å². The lowest BCUT2D eigenvalue weighted by Crippen LogP contribution is -2.34. The van der Waals surface area contributed by atoms with Gasteiger partial charge in [-0.05, 0) is 0 Å². The van der Waals surface area contributed by atoms with E-state index in [1.165, 1.54) is 0 Å². The minimum absolute atomic E-state index is 0.115. The van der Waals surface area contributed by atoms with E-state index in [4.69, 9.17) is 5.11 Å². The van der Waals surface area contributed by atoms with Crippen LogP contribution in [0.1, 0.15) is 6.42 Å². The normalized spacial score (nSPS) is 21.3. The largest absolute Gasteiger partial charge is 0.480 e. The van der Waals surface area contributed by atoms with E-state index in [1.807, 2.05) is 0 Å². The van der Waals surface area contributed by atoms with Crippen molar-refractivity contribution in [3.8, 4) is 0 Å². The standard InChI is InChI=1S/C5H7NO5S/c7-4-1-2-12(10,11)6(4)3-5(8)9/h1-3H2,(H,8,9). The number of aliphatic carboxylic acids is 1. The van der Waals surface area contributed by atoms with E-state index < -0.39 is 28.4 Å². The Bertz CT molecular complexity index is 319. The Balaban J connectivity index is 2.86. The Kier molecular flexibility index (Phi) is 2.05. The van der Waals surface area contributed by atoms with Crippen molar-refractivity contribution in [2.45, 2.75) is 6.42 Å². The van der Waals surface area contributed by atoms with E-state index in [1.54, 1.807) is 0 Å². The van der Waals surface area contributed by atoms with Gasteiger partial charge in [-0.25, -0.2) is 12.7 Å². The summed E-state index contributed by atoms with van der Waals surface area (Å²) in [5, 5.41) is 8.27. The first-order valence-electron chi connectivity index (χ1n) is 3.18. The molecular formula is C5H7NO5S. The lowest BCUT2D eigenvalue weighted by Gasteiger charge is -2.10. The summed E-state index contributed by atoms with van der Waals surface area (Å²) in [6.07, 6.45) is -0.115. The number of amides is 1. The second-order valence-electron chi connectivity index (χ2n) is 2.36. The van der Waals surface area contributed by atoms with Crippen molar-refractivity contribution in [1.29, 1.82) is 0 Å². The highest BCUT2D eigenvalue weighted by Gasteiger charge is 2.35. The fourth-order valence-electron chi connectivity index (χ4n) is 0.916. The molecule has 0 saturated carbocycles. The molecule has 0 unspecified atom stereocenters. The van der Waals surface area contributed by atoms with Gasteiger partial charge in [0.05, 0.1) is 5.75 Å². The molecule has 1 aliphatic heterocycles. The lowest BCUT2D eigenvalue weighted by molar-refractivity contribution is -0.140. The van der Waals surface area contributed by atoms with Crippen molar-refractivity contribution >= 4 is 21.9 Å². The van der Waals surface area contributed by atoms with Gasteiger partial charge in [-0.15, -0.1) is 0 Å². The maximum atomic E-state index is 10.9. The molecular weight excluding hydrogens is 186 g/mol. The zero-order valence-electron chi connectivity index (χ0n) is 6.06. The van der Waals surface area contributed by atoms with Crippen LogP contribution in [-0.4, -0.2) is 42.0 Å². The van der Waals surface area contributed by atoms with Gasteiger partial charge in [-0.1, -0.05) is 0 Å². The number of carboxylic acids is 1. The van der Waals surface area contributed by atoms with Crippen LogP contribution in [0.3, 0.4) is 0 Å². The Morgan fingerprint density at radius 3 is 2.50 bits per heavy atom. The van der Waals surface area contributed by atoms with Crippen LogP contribution < -0.4 is 0 Å². The van der Waals surface area contributed by atoms with E-state index in [0.29, 0.717) is 4.31 Å². The van der Waals surface area contributed by atoms with Crippen LogP contribution in [0, 0.1) is 0 Å². The van der Waals surface area contributed by atoms with Crippen molar-refractivity contribution in [3.05, 3.63) is 0 Å². The minimum Gasteiger partial charge on any atom is -0.480 e. The lowest BCUT2D eigenvalue weighted by atomic mass is 10.4. The number of carbonyl (C=O) groups is 2. The number of carboxylic acid groups (broad SMARTS) is 1. The smallest absolute Gasteiger partial charge is 0.324 e. The molecule has 0 atom stereocenters. The highest BCUT2D eigenvalue weighted by molar-refractivity contribution is 7.90. The summed E-state index contributed by atoms with van der Waals surface area (Å²) in [5.74, 6) is -2.25. The summed E-state index contributed by atoms with van der Waals surface area (Å²) in [4.78, 5) is 20.9. The molecule has 1 aliphatic rings. The van der Waals surface area contributed by atoms with Crippen molar-refractivity contribution in [2.75, 3.05) is 12.3 Å². The molecule has 1 amide bonds.